The number of carbonyl (C=O) groups excluding carboxylic acids is 1. The summed E-state index contributed by atoms with van der Waals surface area (Å²) < 4.78 is 10.9. The highest BCUT2D eigenvalue weighted by atomic mass is 16.6. The van der Waals surface area contributed by atoms with Crippen molar-refractivity contribution in [1.29, 1.82) is 0 Å². The minimum atomic E-state index is -0.360. The SMILES string of the molecule is CCCc1cc(NC(=O)OC2CCC2)ccc1OCC. The predicted octanol–water partition coefficient (Wildman–Crippen LogP) is 4.14. The fourth-order valence-corrected chi connectivity index (χ4v) is 2.21. The number of hydrogen-bond donors (Lipinski definition) is 1. The molecule has 1 aromatic carbocycles. The highest BCUT2D eigenvalue weighted by Gasteiger charge is 2.21. The van der Waals surface area contributed by atoms with Gasteiger partial charge in [0.05, 0.1) is 6.61 Å². The number of amides is 1. The summed E-state index contributed by atoms with van der Waals surface area (Å²) in [6.45, 7) is 4.74. The molecule has 1 amide bonds. The molecule has 1 fully saturated rings. The molecule has 0 unspecified atom stereocenters. The van der Waals surface area contributed by atoms with Crippen LogP contribution in [-0.2, 0) is 11.2 Å². The zero-order chi connectivity index (χ0) is 14.4. The number of nitrogens with one attached hydrogen (secondary N) is 1. The van der Waals surface area contributed by atoms with E-state index in [2.05, 4.69) is 12.2 Å². The Morgan fingerprint density at radius 3 is 2.75 bits per heavy atom. The zero-order valence-electron chi connectivity index (χ0n) is 12.3. The lowest BCUT2D eigenvalue weighted by molar-refractivity contribution is 0.0624. The molecule has 4 nitrogen and oxygen atoms in total. The number of carbonyl (C=O) groups is 1. The van der Waals surface area contributed by atoms with Crippen molar-refractivity contribution in [1.82, 2.24) is 0 Å². The van der Waals surface area contributed by atoms with E-state index >= 15 is 0 Å². The highest BCUT2D eigenvalue weighted by Crippen LogP contribution is 2.26. The summed E-state index contributed by atoms with van der Waals surface area (Å²) in [4.78, 5) is 11.7. The molecule has 1 aliphatic rings. The Morgan fingerprint density at radius 2 is 2.15 bits per heavy atom. The summed E-state index contributed by atoms with van der Waals surface area (Å²) in [6.07, 6.45) is 4.84. The normalized spacial score (nSPS) is 14.5. The molecule has 1 aliphatic carbocycles. The molecule has 20 heavy (non-hydrogen) atoms. The first kappa shape index (κ1) is 14.7. The number of hydrogen-bond acceptors (Lipinski definition) is 3. The number of ether oxygens (including phenoxy) is 2. The van der Waals surface area contributed by atoms with E-state index in [9.17, 15) is 4.79 Å². The molecule has 0 radical (unpaired) electrons. The monoisotopic (exact) mass is 277 g/mol. The summed E-state index contributed by atoms with van der Waals surface area (Å²) in [5, 5.41) is 2.79. The maximum Gasteiger partial charge on any atom is 0.411 e. The van der Waals surface area contributed by atoms with Gasteiger partial charge in [0, 0.05) is 5.69 Å². The Balaban J connectivity index is 1.99. The van der Waals surface area contributed by atoms with Gasteiger partial charge in [0.25, 0.3) is 0 Å². The number of benzene rings is 1. The molecular formula is C16H23NO3. The van der Waals surface area contributed by atoms with Crippen LogP contribution in [0.2, 0.25) is 0 Å². The van der Waals surface area contributed by atoms with Crippen molar-refractivity contribution in [2.24, 2.45) is 0 Å². The van der Waals surface area contributed by atoms with Gasteiger partial charge in [0.15, 0.2) is 0 Å². The maximum atomic E-state index is 11.7. The Morgan fingerprint density at radius 1 is 1.35 bits per heavy atom. The topological polar surface area (TPSA) is 47.6 Å². The third-order valence-electron chi connectivity index (χ3n) is 3.45. The fourth-order valence-electron chi connectivity index (χ4n) is 2.21. The van der Waals surface area contributed by atoms with Gasteiger partial charge in [-0.2, -0.15) is 0 Å². The van der Waals surface area contributed by atoms with Crippen LogP contribution in [0, 0.1) is 0 Å². The van der Waals surface area contributed by atoms with Gasteiger partial charge in [-0.3, -0.25) is 5.32 Å². The summed E-state index contributed by atoms with van der Waals surface area (Å²) in [7, 11) is 0. The standard InChI is InChI=1S/C16H23NO3/c1-3-6-12-11-13(9-10-15(12)19-4-2)17-16(18)20-14-7-5-8-14/h9-11,14H,3-8H2,1-2H3,(H,17,18). The van der Waals surface area contributed by atoms with E-state index in [1.54, 1.807) is 0 Å². The van der Waals surface area contributed by atoms with Gasteiger partial charge >= 0.3 is 6.09 Å². The molecule has 1 aromatic rings. The van der Waals surface area contributed by atoms with Crippen LogP contribution in [0.3, 0.4) is 0 Å². The van der Waals surface area contributed by atoms with Gasteiger partial charge in [0.2, 0.25) is 0 Å². The minimum Gasteiger partial charge on any atom is -0.494 e. The van der Waals surface area contributed by atoms with Gasteiger partial charge < -0.3 is 9.47 Å². The molecule has 0 aliphatic heterocycles. The molecule has 2 rings (SSSR count). The lowest BCUT2D eigenvalue weighted by Crippen LogP contribution is -2.27. The molecule has 110 valence electrons. The third kappa shape index (κ3) is 3.89. The minimum absolute atomic E-state index is 0.104. The van der Waals surface area contributed by atoms with Crippen molar-refractivity contribution in [3.8, 4) is 5.75 Å². The number of rotatable bonds is 6. The summed E-state index contributed by atoms with van der Waals surface area (Å²) >= 11 is 0. The van der Waals surface area contributed by atoms with Crippen molar-refractivity contribution in [2.45, 2.75) is 52.1 Å². The number of aryl methyl sites for hydroxylation is 1. The molecule has 0 aromatic heterocycles. The van der Waals surface area contributed by atoms with Crippen molar-refractivity contribution in [2.75, 3.05) is 11.9 Å². The molecule has 1 saturated carbocycles. The second-order valence-electron chi connectivity index (χ2n) is 5.09. The first-order valence-electron chi connectivity index (χ1n) is 7.46. The quantitative estimate of drug-likeness (QED) is 0.850. The second kappa shape index (κ2) is 7.17. The molecule has 0 spiro atoms. The van der Waals surface area contributed by atoms with E-state index in [1.165, 1.54) is 0 Å². The Kier molecular flexibility index (Phi) is 5.27. The Hall–Kier alpha value is -1.71. The molecule has 0 bridgehead atoms. The van der Waals surface area contributed by atoms with E-state index in [4.69, 9.17) is 9.47 Å². The average Bonchev–Trinajstić information content (AvgIpc) is 2.38. The van der Waals surface area contributed by atoms with E-state index < -0.39 is 0 Å². The molecule has 0 atom stereocenters. The second-order valence-corrected chi connectivity index (χ2v) is 5.09. The van der Waals surface area contributed by atoms with Crippen molar-refractivity contribution in [3.63, 3.8) is 0 Å². The van der Waals surface area contributed by atoms with Crippen LogP contribution in [0.25, 0.3) is 0 Å². The number of anilines is 1. The molecule has 0 saturated heterocycles. The van der Waals surface area contributed by atoms with Gasteiger partial charge in [0.1, 0.15) is 11.9 Å². The van der Waals surface area contributed by atoms with E-state index in [-0.39, 0.29) is 12.2 Å². The highest BCUT2D eigenvalue weighted by molar-refractivity contribution is 5.85. The average molecular weight is 277 g/mol. The Labute approximate surface area is 120 Å². The molecular weight excluding hydrogens is 254 g/mol. The summed E-state index contributed by atoms with van der Waals surface area (Å²) in [5.74, 6) is 0.896. The third-order valence-corrected chi connectivity index (χ3v) is 3.45. The lowest BCUT2D eigenvalue weighted by Gasteiger charge is -2.25. The van der Waals surface area contributed by atoms with Gasteiger partial charge in [-0.15, -0.1) is 0 Å². The first-order valence-corrected chi connectivity index (χ1v) is 7.46. The van der Waals surface area contributed by atoms with Gasteiger partial charge in [-0.05, 0) is 56.4 Å². The molecule has 4 heteroatoms. The van der Waals surface area contributed by atoms with E-state index in [0.717, 1.165) is 49.1 Å². The summed E-state index contributed by atoms with van der Waals surface area (Å²) in [5.41, 5.74) is 1.89. The van der Waals surface area contributed by atoms with Gasteiger partial charge in [-0.1, -0.05) is 13.3 Å². The van der Waals surface area contributed by atoms with Crippen LogP contribution < -0.4 is 10.1 Å². The zero-order valence-corrected chi connectivity index (χ0v) is 12.3. The first-order chi connectivity index (χ1) is 9.72. The fraction of sp³-hybridized carbons (Fsp3) is 0.562. The van der Waals surface area contributed by atoms with E-state index in [1.807, 2.05) is 25.1 Å². The van der Waals surface area contributed by atoms with Crippen LogP contribution in [0.5, 0.6) is 5.75 Å². The van der Waals surface area contributed by atoms with Crippen molar-refractivity contribution >= 4 is 11.8 Å². The van der Waals surface area contributed by atoms with Crippen molar-refractivity contribution < 1.29 is 14.3 Å². The van der Waals surface area contributed by atoms with Crippen LogP contribution in [0.1, 0.15) is 45.1 Å². The van der Waals surface area contributed by atoms with Crippen LogP contribution in [0.15, 0.2) is 18.2 Å². The smallest absolute Gasteiger partial charge is 0.411 e. The summed E-state index contributed by atoms with van der Waals surface area (Å²) in [6, 6.07) is 5.73. The lowest BCUT2D eigenvalue weighted by atomic mass is 9.96. The van der Waals surface area contributed by atoms with Crippen LogP contribution in [-0.4, -0.2) is 18.8 Å². The van der Waals surface area contributed by atoms with Crippen molar-refractivity contribution in [3.05, 3.63) is 23.8 Å². The molecule has 1 N–H and O–H groups in total. The predicted molar refractivity (Wildman–Crippen MR) is 79.3 cm³/mol. The largest absolute Gasteiger partial charge is 0.494 e. The maximum absolute atomic E-state index is 11.7. The van der Waals surface area contributed by atoms with Crippen LogP contribution in [0.4, 0.5) is 10.5 Å². The van der Waals surface area contributed by atoms with E-state index in [0.29, 0.717) is 6.61 Å². The van der Waals surface area contributed by atoms with Crippen LogP contribution >= 0.6 is 0 Å². The Bertz CT molecular complexity index is 455. The van der Waals surface area contributed by atoms with Gasteiger partial charge in [-0.25, -0.2) is 4.79 Å². The molecule has 0 heterocycles.